The Kier molecular flexibility index (Phi) is 1.52. The van der Waals surface area contributed by atoms with Crippen LogP contribution in [0, 0.1) is 0 Å². The molecule has 0 saturated heterocycles. The first-order valence-corrected chi connectivity index (χ1v) is 3.81. The number of nitrogens with zero attached hydrogens (tertiary/aromatic N) is 1. The highest BCUT2D eigenvalue weighted by molar-refractivity contribution is 6.00. The van der Waals surface area contributed by atoms with Crippen molar-refractivity contribution in [2.24, 2.45) is 4.99 Å². The molecule has 0 saturated carbocycles. The third-order valence-electron chi connectivity index (χ3n) is 1.81. The topological polar surface area (TPSA) is 46.0 Å². The van der Waals surface area contributed by atoms with E-state index in [-0.39, 0.29) is 5.91 Å². The molecule has 0 radical (unpaired) electrons. The number of hydrogen-bond donors (Lipinski definition) is 1. The predicted octanol–water partition coefficient (Wildman–Crippen LogP) is 0.454. The van der Waals surface area contributed by atoms with Crippen LogP contribution in [0.25, 0.3) is 0 Å². The Morgan fingerprint density at radius 3 is 2.92 bits per heavy atom. The maximum absolute atomic E-state index is 11.4. The van der Waals surface area contributed by atoms with Crippen LogP contribution < -0.4 is 5.32 Å². The first-order chi connectivity index (χ1) is 5.77. The SMILES string of the molecule is CC1=Nc2ccccc2C(=O)[NH2+]1. The van der Waals surface area contributed by atoms with Gasteiger partial charge in [-0.2, -0.15) is 4.99 Å². The minimum Gasteiger partial charge on any atom is -0.234 e. The van der Waals surface area contributed by atoms with Crippen LogP contribution in [-0.4, -0.2) is 11.7 Å². The third kappa shape index (κ3) is 1.04. The number of quaternary nitrogens is 1. The summed E-state index contributed by atoms with van der Waals surface area (Å²) < 4.78 is 0. The van der Waals surface area contributed by atoms with Crippen molar-refractivity contribution < 1.29 is 10.1 Å². The van der Waals surface area contributed by atoms with Crippen LogP contribution in [0.5, 0.6) is 0 Å². The lowest BCUT2D eigenvalue weighted by Crippen LogP contribution is -2.91. The van der Waals surface area contributed by atoms with Crippen LogP contribution in [0.4, 0.5) is 5.69 Å². The Hall–Kier alpha value is -1.48. The lowest BCUT2D eigenvalue weighted by Gasteiger charge is -2.07. The molecular weight excluding hydrogens is 152 g/mol. The number of hydrogen-bond acceptors (Lipinski definition) is 2. The van der Waals surface area contributed by atoms with Gasteiger partial charge in [-0.25, -0.2) is 10.1 Å². The molecule has 0 atom stereocenters. The highest BCUT2D eigenvalue weighted by Gasteiger charge is 2.20. The Morgan fingerprint density at radius 2 is 2.08 bits per heavy atom. The number of nitrogens with two attached hydrogens (primary N) is 1. The zero-order chi connectivity index (χ0) is 8.55. The molecule has 3 nitrogen and oxygen atoms in total. The van der Waals surface area contributed by atoms with Gasteiger partial charge in [0.1, 0.15) is 5.56 Å². The van der Waals surface area contributed by atoms with E-state index in [1.165, 1.54) is 0 Å². The number of amides is 1. The largest absolute Gasteiger partial charge is 0.350 e. The van der Waals surface area contributed by atoms with Crippen molar-refractivity contribution in [3.05, 3.63) is 29.8 Å². The van der Waals surface area contributed by atoms with Gasteiger partial charge in [0.05, 0.1) is 5.69 Å². The van der Waals surface area contributed by atoms with E-state index in [0.717, 1.165) is 11.5 Å². The van der Waals surface area contributed by atoms with Gasteiger partial charge in [0, 0.05) is 6.92 Å². The highest BCUT2D eigenvalue weighted by Crippen LogP contribution is 2.18. The van der Waals surface area contributed by atoms with Gasteiger partial charge in [0.25, 0.3) is 0 Å². The van der Waals surface area contributed by atoms with Gasteiger partial charge in [-0.05, 0) is 12.1 Å². The molecule has 0 aromatic heterocycles. The van der Waals surface area contributed by atoms with Gasteiger partial charge in [-0.1, -0.05) is 12.1 Å². The fourth-order valence-electron chi connectivity index (χ4n) is 1.27. The van der Waals surface area contributed by atoms with Gasteiger partial charge >= 0.3 is 5.91 Å². The van der Waals surface area contributed by atoms with Gasteiger partial charge in [-0.3, -0.25) is 0 Å². The monoisotopic (exact) mass is 161 g/mol. The second-order valence-electron chi connectivity index (χ2n) is 2.78. The molecule has 1 heterocycles. The van der Waals surface area contributed by atoms with Gasteiger partial charge < -0.3 is 0 Å². The summed E-state index contributed by atoms with van der Waals surface area (Å²) in [6.45, 7) is 1.83. The van der Waals surface area contributed by atoms with Crippen LogP contribution in [0.2, 0.25) is 0 Å². The zero-order valence-corrected chi connectivity index (χ0v) is 6.74. The number of amidine groups is 1. The lowest BCUT2D eigenvalue weighted by atomic mass is 10.1. The van der Waals surface area contributed by atoms with Crippen LogP contribution in [0.15, 0.2) is 29.3 Å². The number of fused-ring (bicyclic) bond motifs is 1. The number of aliphatic imine (C=N–C) groups is 1. The Morgan fingerprint density at radius 1 is 1.33 bits per heavy atom. The number of carbonyl (C=O) groups excluding carboxylic acids is 1. The molecule has 0 spiro atoms. The minimum absolute atomic E-state index is 0.0538. The van der Waals surface area contributed by atoms with Crippen molar-refractivity contribution in [2.45, 2.75) is 6.92 Å². The summed E-state index contributed by atoms with van der Waals surface area (Å²) in [5, 5.41) is 1.56. The fraction of sp³-hybridized carbons (Fsp3) is 0.111. The molecule has 3 heteroatoms. The molecule has 0 unspecified atom stereocenters. The first-order valence-electron chi connectivity index (χ1n) is 3.81. The van der Waals surface area contributed by atoms with Gasteiger partial charge in [0.2, 0.25) is 5.84 Å². The summed E-state index contributed by atoms with van der Waals surface area (Å²) in [5.74, 6) is 0.830. The van der Waals surface area contributed by atoms with Gasteiger partial charge in [-0.15, -0.1) is 0 Å². The van der Waals surface area contributed by atoms with E-state index in [9.17, 15) is 4.79 Å². The Labute approximate surface area is 70.1 Å². The third-order valence-corrected chi connectivity index (χ3v) is 1.81. The predicted molar refractivity (Wildman–Crippen MR) is 45.5 cm³/mol. The Bertz CT molecular complexity index is 369. The summed E-state index contributed by atoms with van der Waals surface area (Å²) in [5.41, 5.74) is 1.48. The summed E-state index contributed by atoms with van der Waals surface area (Å²) in [7, 11) is 0. The molecule has 1 amide bonds. The van der Waals surface area contributed by atoms with Crippen LogP contribution >= 0.6 is 0 Å². The second kappa shape index (κ2) is 2.53. The molecule has 0 bridgehead atoms. The standard InChI is InChI=1S/C9H8N2O/c1-6-10-8-5-3-2-4-7(8)9(12)11-6/h2-5H,1H3,(H,10,11,12)/p+1. The minimum atomic E-state index is 0.0538. The number of carbonyl (C=O) groups is 1. The molecule has 1 aliphatic heterocycles. The summed E-state index contributed by atoms with van der Waals surface area (Å²) >= 11 is 0. The molecule has 60 valence electrons. The van der Waals surface area contributed by atoms with Crippen LogP contribution in [0.1, 0.15) is 17.3 Å². The normalized spacial score (nSPS) is 15.4. The molecule has 0 fully saturated rings. The first kappa shape index (κ1) is 7.18. The van der Waals surface area contributed by atoms with E-state index in [2.05, 4.69) is 4.99 Å². The maximum atomic E-state index is 11.4. The van der Waals surface area contributed by atoms with Gasteiger partial charge in [0.15, 0.2) is 0 Å². The maximum Gasteiger partial charge on any atom is 0.350 e. The number of rotatable bonds is 0. The van der Waals surface area contributed by atoms with Crippen molar-refractivity contribution in [1.82, 2.24) is 0 Å². The van der Waals surface area contributed by atoms with E-state index in [1.807, 2.05) is 25.1 Å². The molecule has 1 aliphatic rings. The number of para-hydroxylation sites is 1. The van der Waals surface area contributed by atoms with E-state index < -0.39 is 0 Å². The number of benzene rings is 1. The molecule has 2 N–H and O–H groups in total. The molecular formula is C9H9N2O+. The van der Waals surface area contributed by atoms with Crippen molar-refractivity contribution in [2.75, 3.05) is 0 Å². The molecule has 1 aromatic rings. The zero-order valence-electron chi connectivity index (χ0n) is 6.74. The molecule has 0 aliphatic carbocycles. The van der Waals surface area contributed by atoms with Crippen molar-refractivity contribution >= 4 is 17.4 Å². The summed E-state index contributed by atoms with van der Waals surface area (Å²) in [6.07, 6.45) is 0. The highest BCUT2D eigenvalue weighted by atomic mass is 16.1. The average Bonchev–Trinajstić information content (AvgIpc) is 2.04. The van der Waals surface area contributed by atoms with E-state index in [1.54, 1.807) is 11.4 Å². The fourth-order valence-corrected chi connectivity index (χ4v) is 1.27. The molecule has 2 rings (SSSR count). The summed E-state index contributed by atoms with van der Waals surface area (Å²) in [4.78, 5) is 15.6. The van der Waals surface area contributed by atoms with Crippen molar-refractivity contribution in [3.63, 3.8) is 0 Å². The van der Waals surface area contributed by atoms with E-state index >= 15 is 0 Å². The van der Waals surface area contributed by atoms with Crippen LogP contribution in [0.3, 0.4) is 0 Å². The Balaban J connectivity index is 2.62. The number of primary amides is 1. The van der Waals surface area contributed by atoms with E-state index in [4.69, 9.17) is 0 Å². The quantitative estimate of drug-likeness (QED) is 0.590. The second-order valence-corrected chi connectivity index (χ2v) is 2.78. The molecule has 1 aromatic carbocycles. The van der Waals surface area contributed by atoms with E-state index in [0.29, 0.717) is 5.56 Å². The van der Waals surface area contributed by atoms with Crippen molar-refractivity contribution in [3.8, 4) is 0 Å². The smallest absolute Gasteiger partial charge is 0.234 e. The molecule has 12 heavy (non-hydrogen) atoms. The average molecular weight is 161 g/mol. The summed E-state index contributed by atoms with van der Waals surface area (Å²) in [6, 6.07) is 7.38. The lowest BCUT2D eigenvalue weighted by molar-refractivity contribution is -0.432. The van der Waals surface area contributed by atoms with Crippen molar-refractivity contribution in [1.29, 1.82) is 0 Å². The van der Waals surface area contributed by atoms with Crippen LogP contribution in [-0.2, 0) is 0 Å².